The van der Waals surface area contributed by atoms with Crippen molar-refractivity contribution in [1.29, 1.82) is 0 Å². The number of halogens is 1. The Kier molecular flexibility index (Phi) is 4.63. The van der Waals surface area contributed by atoms with Crippen LogP contribution in [0.5, 0.6) is 0 Å². The average Bonchev–Trinajstić information content (AvgIpc) is 2.69. The summed E-state index contributed by atoms with van der Waals surface area (Å²) in [5.74, 6) is 0.364. The molecular formula is C20H20FN4OS+. The number of hydrogen-bond donors (Lipinski definition) is 3. The molecule has 0 spiro atoms. The molecule has 7 heteroatoms. The van der Waals surface area contributed by atoms with Gasteiger partial charge in [-0.1, -0.05) is 30.3 Å². The molecule has 0 bridgehead atoms. The van der Waals surface area contributed by atoms with Crippen LogP contribution >= 0.6 is 12.2 Å². The molecule has 0 amide bonds. The second-order valence-electron chi connectivity index (χ2n) is 6.72. The molecule has 1 aliphatic heterocycles. The summed E-state index contributed by atoms with van der Waals surface area (Å²) in [5, 5.41) is 3.37. The van der Waals surface area contributed by atoms with Gasteiger partial charge in [-0.25, -0.2) is 4.39 Å². The third kappa shape index (κ3) is 3.31. The standard InChI is InChI=1S/C20H19FN4OS/c1-13(14-5-3-2-4-6-14)24-11-17-18(22-12-24)25(20(27)23-19(17)26)16-9-7-15(21)8-10-16/h2-10,13,22H,11-12H2,1H3,(H,23,26,27)/p+1/t13-/m0/s1. The van der Waals surface area contributed by atoms with Crippen LogP contribution in [-0.4, -0.2) is 16.2 Å². The predicted molar refractivity (Wildman–Crippen MR) is 105 cm³/mol. The number of rotatable bonds is 3. The van der Waals surface area contributed by atoms with Crippen molar-refractivity contribution in [3.05, 3.63) is 86.7 Å². The first kappa shape index (κ1) is 17.6. The first-order valence-corrected chi connectivity index (χ1v) is 9.23. The number of benzene rings is 2. The highest BCUT2D eigenvalue weighted by Gasteiger charge is 2.29. The number of fused-ring (bicyclic) bond motifs is 1. The highest BCUT2D eigenvalue weighted by atomic mass is 32.1. The molecule has 1 aliphatic rings. The number of H-pyrrole nitrogens is 1. The molecule has 0 saturated heterocycles. The quantitative estimate of drug-likeness (QED) is 0.610. The van der Waals surface area contributed by atoms with E-state index in [1.54, 1.807) is 16.7 Å². The number of hydrogen-bond acceptors (Lipinski definition) is 3. The number of aromatic amines is 1. The fraction of sp³-hybridized carbons (Fsp3) is 0.200. The van der Waals surface area contributed by atoms with Crippen molar-refractivity contribution in [2.75, 3.05) is 12.0 Å². The molecule has 4 rings (SSSR count). The Labute approximate surface area is 161 Å². The Bertz CT molecular complexity index is 1080. The van der Waals surface area contributed by atoms with Gasteiger partial charge in [0.1, 0.15) is 29.8 Å². The third-order valence-electron chi connectivity index (χ3n) is 5.09. The van der Waals surface area contributed by atoms with Gasteiger partial charge in [0.05, 0.1) is 0 Å². The van der Waals surface area contributed by atoms with Gasteiger partial charge in [-0.15, -0.1) is 0 Å². The number of anilines is 1. The lowest BCUT2D eigenvalue weighted by atomic mass is 10.1. The highest BCUT2D eigenvalue weighted by Crippen LogP contribution is 2.20. The Hall–Kier alpha value is -2.77. The molecule has 0 radical (unpaired) electrons. The minimum absolute atomic E-state index is 0.182. The minimum atomic E-state index is -0.316. The summed E-state index contributed by atoms with van der Waals surface area (Å²) >= 11 is 5.36. The van der Waals surface area contributed by atoms with Gasteiger partial charge in [-0.2, -0.15) is 0 Å². The van der Waals surface area contributed by atoms with Gasteiger partial charge < -0.3 is 10.2 Å². The molecule has 27 heavy (non-hydrogen) atoms. The summed E-state index contributed by atoms with van der Waals surface area (Å²) in [6.07, 6.45) is 0. The summed E-state index contributed by atoms with van der Waals surface area (Å²) in [4.78, 5) is 16.6. The van der Waals surface area contributed by atoms with Crippen molar-refractivity contribution in [1.82, 2.24) is 9.55 Å². The third-order valence-corrected chi connectivity index (χ3v) is 5.38. The fourth-order valence-corrected chi connectivity index (χ4v) is 3.82. The molecule has 0 aliphatic carbocycles. The van der Waals surface area contributed by atoms with Gasteiger partial charge in [0, 0.05) is 11.3 Å². The topological polar surface area (TPSA) is 54.3 Å². The molecule has 138 valence electrons. The van der Waals surface area contributed by atoms with E-state index in [2.05, 4.69) is 29.4 Å². The Balaban J connectivity index is 1.74. The lowest BCUT2D eigenvalue weighted by Crippen LogP contribution is -3.12. The average molecular weight is 383 g/mol. The SMILES string of the molecule is C[C@@H](c1ccccc1)[NH+]1CNc2c(c(=O)[nH]c(=S)n2-c2ccc(F)cc2)C1. The minimum Gasteiger partial charge on any atom is -0.324 e. The van der Waals surface area contributed by atoms with Crippen molar-refractivity contribution < 1.29 is 9.29 Å². The zero-order chi connectivity index (χ0) is 19.0. The summed E-state index contributed by atoms with van der Waals surface area (Å²) in [5.41, 5.74) is 2.40. The number of aromatic nitrogens is 2. The van der Waals surface area contributed by atoms with Crippen LogP contribution in [0.3, 0.4) is 0 Å². The van der Waals surface area contributed by atoms with Crippen LogP contribution < -0.4 is 15.8 Å². The molecule has 0 fully saturated rings. The molecule has 1 unspecified atom stereocenters. The van der Waals surface area contributed by atoms with Crippen LogP contribution in [-0.2, 0) is 6.54 Å². The summed E-state index contributed by atoms with van der Waals surface area (Å²) < 4.78 is 15.3. The Morgan fingerprint density at radius 1 is 1.15 bits per heavy atom. The van der Waals surface area contributed by atoms with E-state index in [-0.39, 0.29) is 22.2 Å². The predicted octanol–water partition coefficient (Wildman–Crippen LogP) is 2.56. The number of nitrogens with one attached hydrogen (secondary N) is 3. The van der Waals surface area contributed by atoms with E-state index in [1.807, 2.05) is 18.2 Å². The zero-order valence-corrected chi connectivity index (χ0v) is 15.6. The van der Waals surface area contributed by atoms with Gasteiger partial charge in [-0.3, -0.25) is 14.3 Å². The fourth-order valence-electron chi connectivity index (χ4n) is 3.53. The summed E-state index contributed by atoms with van der Waals surface area (Å²) in [6, 6.07) is 16.5. The molecule has 3 aromatic rings. The molecular weight excluding hydrogens is 363 g/mol. The van der Waals surface area contributed by atoms with Crippen LogP contribution in [0.1, 0.15) is 24.1 Å². The van der Waals surface area contributed by atoms with Crippen molar-refractivity contribution in [3.8, 4) is 5.69 Å². The van der Waals surface area contributed by atoms with Crippen molar-refractivity contribution in [2.24, 2.45) is 0 Å². The second kappa shape index (κ2) is 7.09. The van der Waals surface area contributed by atoms with Crippen LogP contribution in [0.2, 0.25) is 0 Å². The van der Waals surface area contributed by atoms with E-state index in [1.165, 1.54) is 22.6 Å². The van der Waals surface area contributed by atoms with Crippen molar-refractivity contribution in [2.45, 2.75) is 19.5 Å². The van der Waals surface area contributed by atoms with E-state index >= 15 is 0 Å². The van der Waals surface area contributed by atoms with E-state index in [9.17, 15) is 9.18 Å². The number of quaternary nitrogens is 1. The van der Waals surface area contributed by atoms with Crippen molar-refractivity contribution in [3.63, 3.8) is 0 Å². The van der Waals surface area contributed by atoms with Crippen LogP contribution in [0.4, 0.5) is 10.2 Å². The van der Waals surface area contributed by atoms with E-state index in [0.717, 1.165) is 0 Å². The zero-order valence-electron chi connectivity index (χ0n) is 14.8. The van der Waals surface area contributed by atoms with Crippen LogP contribution in [0.15, 0.2) is 59.4 Å². The monoisotopic (exact) mass is 383 g/mol. The van der Waals surface area contributed by atoms with Gasteiger partial charge in [-0.05, 0) is 43.4 Å². The first-order chi connectivity index (χ1) is 13.0. The molecule has 1 aromatic heterocycles. The highest BCUT2D eigenvalue weighted by molar-refractivity contribution is 7.71. The molecule has 0 saturated carbocycles. The molecule has 5 nitrogen and oxygen atoms in total. The van der Waals surface area contributed by atoms with Crippen molar-refractivity contribution >= 4 is 18.0 Å². The van der Waals surface area contributed by atoms with Gasteiger partial charge in [0.25, 0.3) is 5.56 Å². The summed E-state index contributed by atoms with van der Waals surface area (Å²) in [6.45, 7) is 3.38. The largest absolute Gasteiger partial charge is 0.324 e. The Morgan fingerprint density at radius 3 is 2.56 bits per heavy atom. The van der Waals surface area contributed by atoms with E-state index in [0.29, 0.717) is 30.3 Å². The molecule has 3 N–H and O–H groups in total. The first-order valence-electron chi connectivity index (χ1n) is 8.82. The summed E-state index contributed by atoms with van der Waals surface area (Å²) in [7, 11) is 0. The molecule has 2 atom stereocenters. The molecule has 2 aromatic carbocycles. The van der Waals surface area contributed by atoms with Gasteiger partial charge >= 0.3 is 0 Å². The van der Waals surface area contributed by atoms with Crippen LogP contribution in [0, 0.1) is 10.6 Å². The van der Waals surface area contributed by atoms with Gasteiger partial charge in [0.15, 0.2) is 11.4 Å². The normalized spacial score (nSPS) is 17.0. The molecule has 2 heterocycles. The van der Waals surface area contributed by atoms with E-state index in [4.69, 9.17) is 12.2 Å². The second-order valence-corrected chi connectivity index (χ2v) is 7.11. The van der Waals surface area contributed by atoms with E-state index < -0.39 is 0 Å². The maximum Gasteiger partial charge on any atom is 0.262 e. The smallest absolute Gasteiger partial charge is 0.262 e. The lowest BCUT2D eigenvalue weighted by molar-refractivity contribution is -0.941. The number of nitrogens with zero attached hydrogens (tertiary/aromatic N) is 1. The lowest BCUT2D eigenvalue weighted by Gasteiger charge is -2.32. The Morgan fingerprint density at radius 2 is 1.85 bits per heavy atom. The maximum absolute atomic E-state index is 13.3. The van der Waals surface area contributed by atoms with Crippen LogP contribution in [0.25, 0.3) is 5.69 Å². The van der Waals surface area contributed by atoms with Gasteiger partial charge in [0.2, 0.25) is 0 Å². The maximum atomic E-state index is 13.3.